The van der Waals surface area contributed by atoms with Crippen LogP contribution >= 0.6 is 0 Å². The van der Waals surface area contributed by atoms with Crippen LogP contribution < -0.4 is 0 Å². The Bertz CT molecular complexity index is 151. The second-order valence-electron chi connectivity index (χ2n) is 4.02. The van der Waals surface area contributed by atoms with Gasteiger partial charge in [-0.05, 0) is 40.8 Å². The maximum atomic E-state index is 5.50. The van der Waals surface area contributed by atoms with Crippen molar-refractivity contribution in [2.75, 3.05) is 60.5 Å². The van der Waals surface area contributed by atoms with Crippen LogP contribution in [0.3, 0.4) is 0 Å². The van der Waals surface area contributed by atoms with E-state index in [2.05, 4.69) is 42.7 Å². The average Bonchev–Trinajstić information content (AvgIpc) is 2.17. The standard InChI is InChI=1S/C11H25N3O/c1-12-6-5-7-14(4)9-11-15-10-8-13(2)3/h1,5-11H2,2-4H3. The van der Waals surface area contributed by atoms with Gasteiger partial charge in [0.15, 0.2) is 0 Å². The topological polar surface area (TPSA) is 28.1 Å². The van der Waals surface area contributed by atoms with Crippen LogP contribution in [-0.4, -0.2) is 77.1 Å². The summed E-state index contributed by atoms with van der Waals surface area (Å²) < 4.78 is 5.50. The summed E-state index contributed by atoms with van der Waals surface area (Å²) in [6, 6.07) is 0. The first-order chi connectivity index (χ1) is 7.16. The minimum Gasteiger partial charge on any atom is -0.379 e. The van der Waals surface area contributed by atoms with E-state index in [1.807, 2.05) is 0 Å². The minimum atomic E-state index is 0.811. The molecule has 0 aliphatic carbocycles. The molecule has 0 bridgehead atoms. The van der Waals surface area contributed by atoms with E-state index in [-0.39, 0.29) is 0 Å². The normalized spacial score (nSPS) is 11.3. The molecule has 0 saturated heterocycles. The van der Waals surface area contributed by atoms with E-state index >= 15 is 0 Å². The average molecular weight is 215 g/mol. The summed E-state index contributed by atoms with van der Waals surface area (Å²) in [7, 11) is 6.22. The lowest BCUT2D eigenvalue weighted by Gasteiger charge is -2.16. The molecular formula is C11H25N3O. The van der Waals surface area contributed by atoms with Crippen molar-refractivity contribution in [2.45, 2.75) is 6.42 Å². The van der Waals surface area contributed by atoms with E-state index in [9.17, 15) is 0 Å². The van der Waals surface area contributed by atoms with Crippen LogP contribution in [0.2, 0.25) is 0 Å². The lowest BCUT2D eigenvalue weighted by Crippen LogP contribution is -2.26. The van der Waals surface area contributed by atoms with Gasteiger partial charge >= 0.3 is 0 Å². The quantitative estimate of drug-likeness (QED) is 0.394. The predicted octanol–water partition coefficient (Wildman–Crippen LogP) is 0.587. The molecule has 0 aromatic heterocycles. The predicted molar refractivity (Wildman–Crippen MR) is 65.9 cm³/mol. The maximum absolute atomic E-state index is 5.50. The van der Waals surface area contributed by atoms with Gasteiger partial charge in [-0.15, -0.1) is 0 Å². The highest BCUT2D eigenvalue weighted by Gasteiger charge is 1.97. The third-order valence-electron chi connectivity index (χ3n) is 2.16. The molecule has 0 aliphatic heterocycles. The van der Waals surface area contributed by atoms with Gasteiger partial charge in [0.05, 0.1) is 13.2 Å². The molecule has 0 radical (unpaired) electrons. The van der Waals surface area contributed by atoms with Crippen molar-refractivity contribution in [3.63, 3.8) is 0 Å². The van der Waals surface area contributed by atoms with Gasteiger partial charge in [-0.2, -0.15) is 0 Å². The number of hydrogen-bond acceptors (Lipinski definition) is 4. The number of rotatable bonds is 10. The largest absolute Gasteiger partial charge is 0.379 e. The Morgan fingerprint density at radius 3 is 2.33 bits per heavy atom. The molecular weight excluding hydrogens is 190 g/mol. The van der Waals surface area contributed by atoms with Crippen molar-refractivity contribution in [3.8, 4) is 0 Å². The summed E-state index contributed by atoms with van der Waals surface area (Å²) in [6.45, 7) is 8.99. The van der Waals surface area contributed by atoms with Gasteiger partial charge in [-0.3, -0.25) is 0 Å². The van der Waals surface area contributed by atoms with Crippen LogP contribution in [-0.2, 0) is 4.74 Å². The second kappa shape index (κ2) is 10.1. The molecule has 0 unspecified atom stereocenters. The molecule has 0 aromatic rings. The summed E-state index contributed by atoms with van der Waals surface area (Å²) in [5.41, 5.74) is 0. The van der Waals surface area contributed by atoms with Gasteiger partial charge in [0.1, 0.15) is 0 Å². The molecule has 0 saturated carbocycles. The Morgan fingerprint density at radius 2 is 1.73 bits per heavy atom. The van der Waals surface area contributed by atoms with Gasteiger partial charge in [0.2, 0.25) is 0 Å². The van der Waals surface area contributed by atoms with E-state index < -0.39 is 0 Å². The van der Waals surface area contributed by atoms with Gasteiger partial charge < -0.3 is 19.5 Å². The van der Waals surface area contributed by atoms with E-state index in [0.29, 0.717) is 0 Å². The minimum absolute atomic E-state index is 0.811. The smallest absolute Gasteiger partial charge is 0.0593 e. The second-order valence-corrected chi connectivity index (χ2v) is 4.02. The van der Waals surface area contributed by atoms with Crippen LogP contribution in [0, 0.1) is 0 Å². The number of hydrogen-bond donors (Lipinski definition) is 0. The molecule has 0 amide bonds. The molecule has 0 N–H and O–H groups in total. The SMILES string of the molecule is C=NCCCN(C)CCOCCN(C)C. The maximum Gasteiger partial charge on any atom is 0.0593 e. The molecule has 90 valence electrons. The van der Waals surface area contributed by atoms with Crippen LogP contribution in [0.4, 0.5) is 0 Å². The molecule has 0 spiro atoms. The van der Waals surface area contributed by atoms with Crippen LogP contribution in [0.25, 0.3) is 0 Å². The van der Waals surface area contributed by atoms with Gasteiger partial charge in [0, 0.05) is 19.6 Å². The van der Waals surface area contributed by atoms with Crippen molar-refractivity contribution in [1.29, 1.82) is 0 Å². The molecule has 0 rings (SSSR count). The van der Waals surface area contributed by atoms with E-state index in [4.69, 9.17) is 4.74 Å². The summed E-state index contributed by atoms with van der Waals surface area (Å²) in [6.07, 6.45) is 1.08. The molecule has 15 heavy (non-hydrogen) atoms. The highest BCUT2D eigenvalue weighted by Crippen LogP contribution is 1.88. The zero-order valence-electron chi connectivity index (χ0n) is 10.4. The van der Waals surface area contributed by atoms with Crippen LogP contribution in [0.5, 0.6) is 0 Å². The van der Waals surface area contributed by atoms with Gasteiger partial charge in [-0.25, -0.2) is 0 Å². The lowest BCUT2D eigenvalue weighted by molar-refractivity contribution is 0.0987. The van der Waals surface area contributed by atoms with Crippen LogP contribution in [0.1, 0.15) is 6.42 Å². The summed E-state index contributed by atoms with van der Waals surface area (Å²) in [5.74, 6) is 0. The summed E-state index contributed by atoms with van der Waals surface area (Å²) in [5, 5.41) is 0. The van der Waals surface area contributed by atoms with Crippen molar-refractivity contribution < 1.29 is 4.74 Å². The fraction of sp³-hybridized carbons (Fsp3) is 0.909. The van der Waals surface area contributed by atoms with Crippen molar-refractivity contribution in [2.24, 2.45) is 4.99 Å². The van der Waals surface area contributed by atoms with Crippen molar-refractivity contribution in [3.05, 3.63) is 0 Å². The first-order valence-corrected chi connectivity index (χ1v) is 5.50. The third kappa shape index (κ3) is 11.5. The monoisotopic (exact) mass is 215 g/mol. The third-order valence-corrected chi connectivity index (χ3v) is 2.16. The Morgan fingerprint density at radius 1 is 1.07 bits per heavy atom. The van der Waals surface area contributed by atoms with E-state index in [1.165, 1.54) is 0 Å². The Labute approximate surface area is 93.9 Å². The van der Waals surface area contributed by atoms with E-state index in [1.54, 1.807) is 0 Å². The number of nitrogens with zero attached hydrogens (tertiary/aromatic N) is 3. The van der Waals surface area contributed by atoms with Gasteiger partial charge in [0.25, 0.3) is 0 Å². The molecule has 0 fully saturated rings. The fourth-order valence-electron chi connectivity index (χ4n) is 1.13. The molecule has 0 aromatic carbocycles. The summed E-state index contributed by atoms with van der Waals surface area (Å²) >= 11 is 0. The first kappa shape index (κ1) is 14.6. The number of likely N-dealkylation sites (N-methyl/N-ethyl adjacent to an activating group) is 2. The highest BCUT2D eigenvalue weighted by molar-refractivity contribution is 5.22. The Hall–Kier alpha value is -0.450. The highest BCUT2D eigenvalue weighted by atomic mass is 16.5. The van der Waals surface area contributed by atoms with Gasteiger partial charge in [-0.1, -0.05) is 0 Å². The fourth-order valence-corrected chi connectivity index (χ4v) is 1.13. The molecule has 0 heterocycles. The Kier molecular flexibility index (Phi) is 9.78. The van der Waals surface area contributed by atoms with E-state index in [0.717, 1.165) is 45.8 Å². The summed E-state index contributed by atoms with van der Waals surface area (Å²) in [4.78, 5) is 8.21. The molecule has 0 aliphatic rings. The van der Waals surface area contributed by atoms with Crippen LogP contribution in [0.15, 0.2) is 4.99 Å². The number of aliphatic imine (C=N–C) groups is 1. The molecule has 0 atom stereocenters. The zero-order valence-corrected chi connectivity index (χ0v) is 10.4. The molecule has 4 nitrogen and oxygen atoms in total. The Balaban J connectivity index is 3.16. The van der Waals surface area contributed by atoms with Crippen molar-refractivity contribution >= 4 is 6.72 Å². The number of ether oxygens (including phenoxy) is 1. The zero-order chi connectivity index (χ0) is 11.5. The first-order valence-electron chi connectivity index (χ1n) is 5.50. The molecule has 4 heteroatoms. The van der Waals surface area contributed by atoms with Crippen molar-refractivity contribution in [1.82, 2.24) is 9.80 Å². The lowest BCUT2D eigenvalue weighted by atomic mass is 10.4.